The Morgan fingerprint density at radius 1 is 1.27 bits per heavy atom. The first-order valence-electron chi connectivity index (χ1n) is 11.3. The van der Waals surface area contributed by atoms with Crippen molar-refractivity contribution in [1.29, 1.82) is 0 Å². The van der Waals surface area contributed by atoms with Gasteiger partial charge in [0.15, 0.2) is 17.5 Å². The molecular weight excluding hydrogens is 380 g/mol. The van der Waals surface area contributed by atoms with Crippen LogP contribution in [-0.4, -0.2) is 61.2 Å². The van der Waals surface area contributed by atoms with E-state index < -0.39 is 0 Å². The Morgan fingerprint density at radius 3 is 2.80 bits per heavy atom. The lowest BCUT2D eigenvalue weighted by Gasteiger charge is -2.26. The van der Waals surface area contributed by atoms with E-state index in [1.165, 1.54) is 19.3 Å². The topological polar surface area (TPSA) is 86.2 Å². The second kappa shape index (κ2) is 11.1. The number of benzene rings is 1. The number of carbonyl (C=O) groups is 1. The number of aromatic hydroxyl groups is 1. The molecule has 3 rings (SSSR count). The largest absolute Gasteiger partial charge is 0.504 e. The van der Waals surface area contributed by atoms with E-state index in [4.69, 9.17) is 9.73 Å². The molecule has 2 aliphatic rings. The van der Waals surface area contributed by atoms with Gasteiger partial charge in [-0.05, 0) is 50.3 Å². The number of phenols is 1. The summed E-state index contributed by atoms with van der Waals surface area (Å²) < 4.78 is 5.17. The van der Waals surface area contributed by atoms with Gasteiger partial charge in [0.2, 0.25) is 5.91 Å². The minimum Gasteiger partial charge on any atom is -0.504 e. The summed E-state index contributed by atoms with van der Waals surface area (Å²) >= 11 is 0. The van der Waals surface area contributed by atoms with Crippen LogP contribution >= 0.6 is 0 Å². The molecule has 30 heavy (non-hydrogen) atoms. The van der Waals surface area contributed by atoms with Gasteiger partial charge in [-0.3, -0.25) is 9.79 Å². The van der Waals surface area contributed by atoms with Crippen molar-refractivity contribution in [2.45, 2.75) is 57.9 Å². The van der Waals surface area contributed by atoms with Gasteiger partial charge >= 0.3 is 0 Å². The van der Waals surface area contributed by atoms with Crippen molar-refractivity contribution < 1.29 is 14.6 Å². The van der Waals surface area contributed by atoms with E-state index in [9.17, 15) is 9.90 Å². The standard InChI is InChI=1S/C23H36N4O3/c1-3-24-23(25-13-11-17-9-10-20(28)21(15-17)30-2)26-19-12-14-27(16-19)22(29)18-7-5-4-6-8-18/h9-10,15,18-19,28H,3-8,11-14,16H2,1-2H3,(H2,24,25,26). The Bertz CT molecular complexity index is 731. The number of nitrogens with zero attached hydrogens (tertiary/aromatic N) is 2. The van der Waals surface area contributed by atoms with Crippen LogP contribution in [0.5, 0.6) is 11.5 Å². The number of guanidine groups is 1. The van der Waals surface area contributed by atoms with Gasteiger partial charge in [-0.25, -0.2) is 0 Å². The van der Waals surface area contributed by atoms with Crippen LogP contribution in [0.1, 0.15) is 51.0 Å². The maximum Gasteiger partial charge on any atom is 0.225 e. The molecule has 1 amide bonds. The van der Waals surface area contributed by atoms with Crippen molar-refractivity contribution in [2.75, 3.05) is 33.3 Å². The number of methoxy groups -OCH3 is 1. The lowest BCUT2D eigenvalue weighted by Crippen LogP contribution is -2.45. The van der Waals surface area contributed by atoms with E-state index in [2.05, 4.69) is 17.6 Å². The van der Waals surface area contributed by atoms with Crippen molar-refractivity contribution in [3.63, 3.8) is 0 Å². The van der Waals surface area contributed by atoms with Crippen LogP contribution in [0, 0.1) is 5.92 Å². The van der Waals surface area contributed by atoms with Crippen LogP contribution in [0.3, 0.4) is 0 Å². The Labute approximate surface area is 179 Å². The Morgan fingerprint density at radius 2 is 2.07 bits per heavy atom. The summed E-state index contributed by atoms with van der Waals surface area (Å²) in [6, 6.07) is 5.62. The normalized spacial score (nSPS) is 20.3. The SMILES string of the molecule is CCNC(=NCCc1ccc(O)c(OC)c1)NC1CCN(C(=O)C2CCCCC2)C1. The summed E-state index contributed by atoms with van der Waals surface area (Å²) in [6.45, 7) is 5.06. The third-order valence-corrected chi connectivity index (χ3v) is 6.05. The Hall–Kier alpha value is -2.44. The van der Waals surface area contributed by atoms with Gasteiger partial charge in [0.1, 0.15) is 0 Å². The number of ether oxygens (including phenoxy) is 1. The van der Waals surface area contributed by atoms with Crippen LogP contribution < -0.4 is 15.4 Å². The van der Waals surface area contributed by atoms with Crippen LogP contribution in [-0.2, 0) is 11.2 Å². The van der Waals surface area contributed by atoms with Crippen LogP contribution in [0.15, 0.2) is 23.2 Å². The minimum absolute atomic E-state index is 0.147. The first-order chi connectivity index (χ1) is 14.6. The molecule has 1 aromatic rings. The van der Waals surface area contributed by atoms with E-state index >= 15 is 0 Å². The molecule has 1 aliphatic heterocycles. The molecule has 0 bridgehead atoms. The van der Waals surface area contributed by atoms with Gasteiger partial charge in [0.05, 0.1) is 7.11 Å². The van der Waals surface area contributed by atoms with Crippen LogP contribution in [0.25, 0.3) is 0 Å². The van der Waals surface area contributed by atoms with Gasteiger partial charge in [0, 0.05) is 38.1 Å². The third-order valence-electron chi connectivity index (χ3n) is 6.05. The second-order valence-corrected chi connectivity index (χ2v) is 8.27. The maximum absolute atomic E-state index is 12.8. The van der Waals surface area contributed by atoms with Crippen molar-refractivity contribution in [2.24, 2.45) is 10.9 Å². The van der Waals surface area contributed by atoms with Crippen molar-refractivity contribution in [3.8, 4) is 11.5 Å². The molecule has 7 nitrogen and oxygen atoms in total. The second-order valence-electron chi connectivity index (χ2n) is 8.27. The maximum atomic E-state index is 12.8. The molecule has 1 saturated carbocycles. The highest BCUT2D eigenvalue weighted by molar-refractivity contribution is 5.81. The van der Waals surface area contributed by atoms with E-state index in [-0.39, 0.29) is 17.7 Å². The number of nitrogens with one attached hydrogen (secondary N) is 2. The molecule has 0 spiro atoms. The van der Waals surface area contributed by atoms with E-state index in [1.807, 2.05) is 17.0 Å². The first-order valence-corrected chi connectivity index (χ1v) is 11.3. The molecular formula is C23H36N4O3. The van der Waals surface area contributed by atoms with Crippen molar-refractivity contribution >= 4 is 11.9 Å². The monoisotopic (exact) mass is 416 g/mol. The quantitative estimate of drug-likeness (QED) is 0.470. The molecule has 7 heteroatoms. The average molecular weight is 417 g/mol. The summed E-state index contributed by atoms with van der Waals surface area (Å²) in [5.41, 5.74) is 1.06. The summed E-state index contributed by atoms with van der Waals surface area (Å²) in [7, 11) is 1.55. The molecule has 0 radical (unpaired) electrons. The Balaban J connectivity index is 1.50. The van der Waals surface area contributed by atoms with Gasteiger partial charge in [-0.15, -0.1) is 0 Å². The summed E-state index contributed by atoms with van der Waals surface area (Å²) in [5.74, 6) is 2.01. The van der Waals surface area contributed by atoms with Gasteiger partial charge < -0.3 is 25.4 Å². The number of aliphatic imine (C=N–C) groups is 1. The van der Waals surface area contributed by atoms with E-state index in [0.29, 0.717) is 18.2 Å². The number of amides is 1. The highest BCUT2D eigenvalue weighted by Crippen LogP contribution is 2.27. The summed E-state index contributed by atoms with van der Waals surface area (Å²) in [4.78, 5) is 19.5. The predicted octanol–water partition coefficient (Wildman–Crippen LogP) is 2.68. The average Bonchev–Trinajstić information content (AvgIpc) is 3.23. The van der Waals surface area contributed by atoms with Crippen molar-refractivity contribution in [3.05, 3.63) is 23.8 Å². The van der Waals surface area contributed by atoms with Crippen molar-refractivity contribution in [1.82, 2.24) is 15.5 Å². The molecule has 1 aliphatic carbocycles. The fourth-order valence-electron chi connectivity index (χ4n) is 4.37. The van der Waals surface area contributed by atoms with Gasteiger partial charge in [-0.1, -0.05) is 25.3 Å². The highest BCUT2D eigenvalue weighted by atomic mass is 16.5. The van der Waals surface area contributed by atoms with Gasteiger partial charge in [0.25, 0.3) is 0 Å². The summed E-state index contributed by atoms with van der Waals surface area (Å²) in [6.07, 6.45) is 7.47. The fraction of sp³-hybridized carbons (Fsp3) is 0.652. The number of hydrogen-bond donors (Lipinski definition) is 3. The molecule has 1 saturated heterocycles. The van der Waals surface area contributed by atoms with Crippen LogP contribution in [0.4, 0.5) is 0 Å². The zero-order valence-corrected chi connectivity index (χ0v) is 18.3. The number of likely N-dealkylation sites (tertiary alicyclic amines) is 1. The zero-order chi connectivity index (χ0) is 21.3. The predicted molar refractivity (Wildman–Crippen MR) is 119 cm³/mol. The van der Waals surface area contributed by atoms with Gasteiger partial charge in [-0.2, -0.15) is 0 Å². The smallest absolute Gasteiger partial charge is 0.225 e. The fourth-order valence-corrected chi connectivity index (χ4v) is 4.37. The summed E-state index contributed by atoms with van der Waals surface area (Å²) in [5, 5.41) is 16.5. The number of carbonyl (C=O) groups excluding carboxylic acids is 1. The lowest BCUT2D eigenvalue weighted by atomic mass is 9.88. The highest BCUT2D eigenvalue weighted by Gasteiger charge is 2.31. The third kappa shape index (κ3) is 6.03. The molecule has 1 atom stereocenters. The van der Waals surface area contributed by atoms with Crippen LogP contribution in [0.2, 0.25) is 0 Å². The molecule has 0 aromatic heterocycles. The molecule has 1 heterocycles. The molecule has 166 valence electrons. The van der Waals surface area contributed by atoms with E-state index in [1.54, 1.807) is 13.2 Å². The molecule has 1 aromatic carbocycles. The van der Waals surface area contributed by atoms with E-state index in [0.717, 1.165) is 56.8 Å². The first kappa shape index (κ1) is 22.2. The number of hydrogen-bond acceptors (Lipinski definition) is 4. The molecule has 3 N–H and O–H groups in total. The number of rotatable bonds is 7. The minimum atomic E-state index is 0.147. The molecule has 2 fully saturated rings. The molecule has 1 unspecified atom stereocenters. The number of phenolic OH excluding ortho intramolecular Hbond substituents is 1. The lowest BCUT2D eigenvalue weighted by molar-refractivity contribution is -0.135. The zero-order valence-electron chi connectivity index (χ0n) is 18.3. The Kier molecular flexibility index (Phi) is 8.22.